The third-order valence-electron chi connectivity index (χ3n) is 4.00. The molecule has 3 aromatic rings. The minimum Gasteiger partial charge on any atom is -0.305 e. The Morgan fingerprint density at radius 2 is 2.14 bits per heavy atom. The number of hydrogen-bond donors (Lipinski definition) is 0. The van der Waals surface area contributed by atoms with Gasteiger partial charge in [-0.1, -0.05) is 18.2 Å². The van der Waals surface area contributed by atoms with E-state index in [0.29, 0.717) is 0 Å². The Bertz CT molecular complexity index is 839. The molecule has 0 spiro atoms. The van der Waals surface area contributed by atoms with E-state index in [1.165, 1.54) is 5.56 Å². The Morgan fingerprint density at radius 3 is 3.05 bits per heavy atom. The molecule has 21 heavy (non-hydrogen) atoms. The highest BCUT2D eigenvalue weighted by molar-refractivity contribution is 7.16. The van der Waals surface area contributed by atoms with Gasteiger partial charge in [0.05, 0.1) is 15.7 Å². The second kappa shape index (κ2) is 4.67. The van der Waals surface area contributed by atoms with Gasteiger partial charge >= 0.3 is 0 Å². The van der Waals surface area contributed by atoms with Crippen molar-refractivity contribution in [2.45, 2.75) is 19.4 Å². The average molecular weight is 294 g/mol. The summed E-state index contributed by atoms with van der Waals surface area (Å²) >= 11 is 1.57. The van der Waals surface area contributed by atoms with Crippen molar-refractivity contribution in [2.75, 3.05) is 4.90 Å². The van der Waals surface area contributed by atoms with Gasteiger partial charge in [-0.15, -0.1) is 11.3 Å². The first-order valence-corrected chi connectivity index (χ1v) is 7.87. The van der Waals surface area contributed by atoms with Crippen LogP contribution in [0.15, 0.2) is 48.0 Å². The molecule has 0 N–H and O–H groups in total. The van der Waals surface area contributed by atoms with Gasteiger partial charge in [0.1, 0.15) is 0 Å². The van der Waals surface area contributed by atoms with Gasteiger partial charge in [0.15, 0.2) is 0 Å². The normalized spacial score (nSPS) is 17.2. The summed E-state index contributed by atoms with van der Waals surface area (Å²) in [5.74, 6) is 0.0720. The number of para-hydroxylation sites is 1. The van der Waals surface area contributed by atoms with E-state index in [0.717, 1.165) is 27.9 Å². The predicted octanol–water partition coefficient (Wildman–Crippen LogP) is 3.89. The summed E-state index contributed by atoms with van der Waals surface area (Å²) in [7, 11) is 0. The van der Waals surface area contributed by atoms with Crippen LogP contribution in [-0.2, 0) is 6.42 Å². The molecule has 2 aromatic carbocycles. The van der Waals surface area contributed by atoms with Crippen LogP contribution in [0.1, 0.15) is 22.8 Å². The second-order valence-corrected chi connectivity index (χ2v) is 6.28. The summed E-state index contributed by atoms with van der Waals surface area (Å²) in [4.78, 5) is 19.1. The van der Waals surface area contributed by atoms with Crippen LogP contribution in [0.4, 0.5) is 5.69 Å². The van der Waals surface area contributed by atoms with E-state index in [2.05, 4.69) is 18.0 Å². The number of amides is 1. The Morgan fingerprint density at radius 1 is 1.29 bits per heavy atom. The third-order valence-corrected chi connectivity index (χ3v) is 4.80. The van der Waals surface area contributed by atoms with Crippen molar-refractivity contribution in [1.82, 2.24) is 4.98 Å². The number of benzene rings is 2. The van der Waals surface area contributed by atoms with Crippen LogP contribution in [0.3, 0.4) is 0 Å². The number of thiazole rings is 1. The molecule has 1 atom stereocenters. The van der Waals surface area contributed by atoms with Gasteiger partial charge in [-0.3, -0.25) is 4.79 Å². The first-order valence-electron chi connectivity index (χ1n) is 6.99. The fraction of sp³-hybridized carbons (Fsp3) is 0.176. The zero-order valence-electron chi connectivity index (χ0n) is 11.6. The maximum atomic E-state index is 12.9. The SMILES string of the molecule is C[C@H]1Cc2ccccc2N1C(=O)c1ccc2ncsc2c1. The first kappa shape index (κ1) is 12.5. The molecule has 2 heterocycles. The largest absolute Gasteiger partial charge is 0.305 e. The zero-order valence-corrected chi connectivity index (χ0v) is 12.4. The van der Waals surface area contributed by atoms with Gasteiger partial charge in [-0.05, 0) is 43.2 Å². The molecule has 3 nitrogen and oxygen atoms in total. The molecule has 0 saturated heterocycles. The van der Waals surface area contributed by atoms with Crippen molar-refractivity contribution < 1.29 is 4.79 Å². The monoisotopic (exact) mass is 294 g/mol. The molecule has 0 aliphatic carbocycles. The van der Waals surface area contributed by atoms with Crippen LogP contribution in [0.25, 0.3) is 10.2 Å². The highest BCUT2D eigenvalue weighted by Crippen LogP contribution is 2.33. The van der Waals surface area contributed by atoms with Gasteiger partial charge in [0.25, 0.3) is 5.91 Å². The molecule has 0 unspecified atom stereocenters. The smallest absolute Gasteiger partial charge is 0.258 e. The van der Waals surface area contributed by atoms with Gasteiger partial charge in [-0.2, -0.15) is 0 Å². The number of aromatic nitrogens is 1. The minimum absolute atomic E-state index is 0.0720. The molecule has 0 saturated carbocycles. The molecule has 1 amide bonds. The summed E-state index contributed by atoms with van der Waals surface area (Å²) in [5.41, 5.74) is 5.78. The van der Waals surface area contributed by atoms with Crippen molar-refractivity contribution >= 4 is 33.1 Å². The number of fused-ring (bicyclic) bond motifs is 2. The Hall–Kier alpha value is -2.20. The molecule has 4 rings (SSSR count). The fourth-order valence-corrected chi connectivity index (χ4v) is 3.72. The molecule has 0 bridgehead atoms. The first-order chi connectivity index (χ1) is 10.2. The summed E-state index contributed by atoms with van der Waals surface area (Å²) in [6.45, 7) is 2.10. The molecule has 104 valence electrons. The third kappa shape index (κ3) is 1.94. The number of rotatable bonds is 1. The topological polar surface area (TPSA) is 33.2 Å². The summed E-state index contributed by atoms with van der Waals surface area (Å²) in [5, 5.41) is 0. The molecule has 1 aliphatic heterocycles. The number of anilines is 1. The van der Waals surface area contributed by atoms with Crippen LogP contribution < -0.4 is 4.90 Å². The highest BCUT2D eigenvalue weighted by atomic mass is 32.1. The quantitative estimate of drug-likeness (QED) is 0.682. The number of nitrogens with zero attached hydrogens (tertiary/aromatic N) is 2. The molecular formula is C17H14N2OS. The van der Waals surface area contributed by atoms with Crippen LogP contribution in [-0.4, -0.2) is 16.9 Å². The molecule has 1 aromatic heterocycles. The lowest BCUT2D eigenvalue weighted by Gasteiger charge is -2.22. The number of hydrogen-bond acceptors (Lipinski definition) is 3. The van der Waals surface area contributed by atoms with Gasteiger partial charge in [-0.25, -0.2) is 4.98 Å². The van der Waals surface area contributed by atoms with E-state index in [4.69, 9.17) is 0 Å². The van der Waals surface area contributed by atoms with Crippen LogP contribution in [0.5, 0.6) is 0 Å². The van der Waals surface area contributed by atoms with Crippen molar-refractivity contribution in [1.29, 1.82) is 0 Å². The average Bonchev–Trinajstić information content (AvgIpc) is 3.08. The van der Waals surface area contributed by atoms with E-state index in [1.54, 1.807) is 11.3 Å². The lowest BCUT2D eigenvalue weighted by Crippen LogP contribution is -2.35. The van der Waals surface area contributed by atoms with Crippen LogP contribution >= 0.6 is 11.3 Å². The molecule has 1 aliphatic rings. The van der Waals surface area contributed by atoms with E-state index < -0.39 is 0 Å². The fourth-order valence-electron chi connectivity index (χ4n) is 3.00. The van der Waals surface area contributed by atoms with E-state index in [-0.39, 0.29) is 11.9 Å². The van der Waals surface area contributed by atoms with Gasteiger partial charge in [0, 0.05) is 17.3 Å². The highest BCUT2D eigenvalue weighted by Gasteiger charge is 2.31. The lowest BCUT2D eigenvalue weighted by atomic mass is 10.1. The van der Waals surface area contributed by atoms with Crippen molar-refractivity contribution in [3.63, 3.8) is 0 Å². The summed E-state index contributed by atoms with van der Waals surface area (Å²) in [6, 6.07) is 14.1. The maximum Gasteiger partial charge on any atom is 0.258 e. The lowest BCUT2D eigenvalue weighted by molar-refractivity contribution is 0.0981. The van der Waals surface area contributed by atoms with Gasteiger partial charge < -0.3 is 4.90 Å². The standard InChI is InChI=1S/C17H14N2OS/c1-11-8-12-4-2-3-5-15(12)19(11)17(20)13-6-7-14-16(9-13)21-10-18-14/h2-7,9-11H,8H2,1H3/t11-/m0/s1. The number of carbonyl (C=O) groups is 1. The maximum absolute atomic E-state index is 12.9. The van der Waals surface area contributed by atoms with Crippen molar-refractivity contribution in [2.24, 2.45) is 0 Å². The van der Waals surface area contributed by atoms with Crippen LogP contribution in [0, 0.1) is 0 Å². The van der Waals surface area contributed by atoms with Crippen molar-refractivity contribution in [3.8, 4) is 0 Å². The van der Waals surface area contributed by atoms with Gasteiger partial charge in [0.2, 0.25) is 0 Å². The Kier molecular flexibility index (Phi) is 2.79. The van der Waals surface area contributed by atoms with Crippen LogP contribution in [0.2, 0.25) is 0 Å². The van der Waals surface area contributed by atoms with E-state index in [9.17, 15) is 4.79 Å². The molecule has 0 radical (unpaired) electrons. The Labute approximate surface area is 126 Å². The molecule has 4 heteroatoms. The summed E-state index contributed by atoms with van der Waals surface area (Å²) in [6.07, 6.45) is 0.921. The zero-order chi connectivity index (χ0) is 14.4. The van der Waals surface area contributed by atoms with Crippen molar-refractivity contribution in [3.05, 3.63) is 59.1 Å². The second-order valence-electron chi connectivity index (χ2n) is 5.39. The predicted molar refractivity (Wildman–Crippen MR) is 86.0 cm³/mol. The molecular weight excluding hydrogens is 280 g/mol. The minimum atomic E-state index is 0.0720. The van der Waals surface area contributed by atoms with E-state index in [1.807, 2.05) is 46.8 Å². The number of carbonyl (C=O) groups excluding carboxylic acids is 1. The Balaban J connectivity index is 1.77. The van der Waals surface area contributed by atoms with E-state index >= 15 is 0 Å². The summed E-state index contributed by atoms with van der Waals surface area (Å²) < 4.78 is 1.06. The molecule has 0 fully saturated rings.